The van der Waals surface area contributed by atoms with Gasteiger partial charge >= 0.3 is 0 Å². The van der Waals surface area contributed by atoms with Gasteiger partial charge in [-0.3, -0.25) is 0 Å². The molecule has 4 nitrogen and oxygen atoms in total. The van der Waals surface area contributed by atoms with Crippen LogP contribution in [0.5, 0.6) is 0 Å². The van der Waals surface area contributed by atoms with Crippen molar-refractivity contribution in [2.45, 2.75) is 6.61 Å². The summed E-state index contributed by atoms with van der Waals surface area (Å²) in [5.74, 6) is 0.139. The summed E-state index contributed by atoms with van der Waals surface area (Å²) in [6.07, 6.45) is 1.20. The van der Waals surface area contributed by atoms with Gasteiger partial charge in [0, 0.05) is 0 Å². The first-order valence-corrected chi connectivity index (χ1v) is 1.77. The lowest BCUT2D eigenvalue weighted by molar-refractivity contribution is 0.142. The van der Waals surface area contributed by atoms with Crippen LogP contribution in [0.15, 0.2) is 10.9 Å². The Bertz CT molecular complexity index is 125. The molecule has 1 rings (SSSR count). The van der Waals surface area contributed by atoms with Crippen LogP contribution in [0.3, 0.4) is 0 Å². The predicted octanol–water partition coefficient (Wildman–Crippen LogP) is 0.0001000. The molecule has 0 aliphatic carbocycles. The monoisotopic (exact) mass is 99.0 g/mol. The maximum absolute atomic E-state index is 9.80. The molecule has 37 valence electrons. The maximum Gasteiger partial charge on any atom is 0.255 e. The van der Waals surface area contributed by atoms with Gasteiger partial charge in [-0.05, 0) is 0 Å². The van der Waals surface area contributed by atoms with E-state index in [4.69, 9.17) is 0 Å². The molecule has 0 bridgehead atoms. The topological polar surface area (TPSA) is 58.8 Å². The Kier molecular flexibility index (Phi) is 1.04. The minimum Gasteiger partial charge on any atom is -0.337 e. The lowest BCUT2D eigenvalue weighted by atomic mass is 10.7. The van der Waals surface area contributed by atoms with E-state index in [0.29, 0.717) is 0 Å². The highest BCUT2D eigenvalue weighted by Crippen LogP contribution is 1.86. The lowest BCUT2D eigenvalue weighted by Crippen LogP contribution is -1.75. The highest BCUT2D eigenvalue weighted by Gasteiger charge is 1.91. The smallest absolute Gasteiger partial charge is 0.255 e. The van der Waals surface area contributed by atoms with Gasteiger partial charge in [0.25, 0.3) is 5.89 Å². The molecule has 1 heterocycles. The van der Waals surface area contributed by atoms with E-state index < -0.39 is 6.61 Å². The molecule has 4 heteroatoms. The van der Waals surface area contributed by atoms with Gasteiger partial charge in [0.05, 0.1) is 0 Å². The molecule has 0 spiro atoms. The summed E-state index contributed by atoms with van der Waals surface area (Å²) < 4.78 is 4.31. The second-order valence-corrected chi connectivity index (χ2v) is 0.979. The number of aromatic nitrogens is 2. The zero-order valence-corrected chi connectivity index (χ0v) is 3.50. The minimum atomic E-state index is -0.431. The van der Waals surface area contributed by atoms with Gasteiger partial charge in [0.15, 0.2) is 12.9 Å². The molecule has 0 saturated heterocycles. The molecule has 0 fully saturated rings. The molecule has 0 aromatic carbocycles. The molecule has 0 N–H and O–H groups in total. The van der Waals surface area contributed by atoms with Crippen LogP contribution >= 0.6 is 0 Å². The summed E-state index contributed by atoms with van der Waals surface area (Å²) in [5.41, 5.74) is 0. The predicted molar refractivity (Wildman–Crippen MR) is 18.7 cm³/mol. The van der Waals surface area contributed by atoms with E-state index in [1.165, 1.54) is 6.33 Å². The molecule has 0 atom stereocenters. The van der Waals surface area contributed by atoms with Crippen LogP contribution in [0.2, 0.25) is 0 Å². The molecule has 0 aliphatic rings. The zero-order chi connectivity index (χ0) is 5.11. The molecule has 0 unspecified atom stereocenters. The van der Waals surface area contributed by atoms with E-state index in [1.54, 1.807) is 0 Å². The van der Waals surface area contributed by atoms with Crippen molar-refractivity contribution in [3.05, 3.63) is 12.2 Å². The molecule has 0 aliphatic heterocycles. The quantitative estimate of drug-likeness (QED) is 0.497. The van der Waals surface area contributed by atoms with E-state index in [2.05, 4.69) is 14.7 Å². The molecule has 7 heavy (non-hydrogen) atoms. The fourth-order valence-electron chi connectivity index (χ4n) is 0.260. The van der Waals surface area contributed by atoms with Crippen molar-refractivity contribution >= 4 is 0 Å². The Morgan fingerprint density at radius 3 is 3.00 bits per heavy atom. The summed E-state index contributed by atoms with van der Waals surface area (Å²) in [7, 11) is 0. The fourth-order valence-corrected chi connectivity index (χ4v) is 0.260. The highest BCUT2D eigenvalue weighted by molar-refractivity contribution is 4.66. The van der Waals surface area contributed by atoms with Gasteiger partial charge in [-0.25, -0.2) is 5.11 Å². The summed E-state index contributed by atoms with van der Waals surface area (Å²) in [4.78, 5) is 3.44. The van der Waals surface area contributed by atoms with E-state index >= 15 is 0 Å². The third kappa shape index (κ3) is 0.747. The molecular weight excluding hydrogens is 96.0 g/mol. The van der Waals surface area contributed by atoms with Crippen molar-refractivity contribution in [2.75, 3.05) is 0 Å². The van der Waals surface area contributed by atoms with Crippen molar-refractivity contribution in [3.63, 3.8) is 0 Å². The van der Waals surface area contributed by atoms with Crippen LogP contribution in [0, 0.1) is 0 Å². The summed E-state index contributed by atoms with van der Waals surface area (Å²) in [6, 6.07) is 0. The average molecular weight is 99.1 g/mol. The van der Waals surface area contributed by atoms with Crippen LogP contribution in [-0.4, -0.2) is 10.1 Å². The zero-order valence-electron chi connectivity index (χ0n) is 3.50. The number of nitrogens with zero attached hydrogens (tertiary/aromatic N) is 2. The van der Waals surface area contributed by atoms with Gasteiger partial charge in [-0.15, -0.1) is 0 Å². The van der Waals surface area contributed by atoms with Gasteiger partial charge in [0.2, 0.25) is 0 Å². The lowest BCUT2D eigenvalue weighted by Gasteiger charge is -1.71. The van der Waals surface area contributed by atoms with Crippen molar-refractivity contribution in [2.24, 2.45) is 0 Å². The molecule has 0 amide bonds. The normalized spacial score (nSPS) is 9.29. The van der Waals surface area contributed by atoms with E-state index in [1.807, 2.05) is 0 Å². The summed E-state index contributed by atoms with van der Waals surface area (Å²) >= 11 is 0. The third-order valence-corrected chi connectivity index (χ3v) is 0.530. The van der Waals surface area contributed by atoms with Gasteiger partial charge in [0.1, 0.15) is 0 Å². The van der Waals surface area contributed by atoms with Crippen molar-refractivity contribution in [1.29, 1.82) is 0 Å². The van der Waals surface area contributed by atoms with Gasteiger partial charge in [-0.1, -0.05) is 5.16 Å². The standard InChI is InChI=1S/C3H3N2O2/c6-1-3-4-2-5-7-3/h2H,1H2. The van der Waals surface area contributed by atoms with E-state index in [-0.39, 0.29) is 5.89 Å². The average Bonchev–Trinajstić information content (AvgIpc) is 2.14. The van der Waals surface area contributed by atoms with E-state index in [9.17, 15) is 5.11 Å². The second-order valence-electron chi connectivity index (χ2n) is 0.979. The molecular formula is C3H3N2O2. The Balaban J connectivity index is 2.76. The van der Waals surface area contributed by atoms with Crippen molar-refractivity contribution in [1.82, 2.24) is 10.1 Å². The Hall–Kier alpha value is -0.900. The number of hydrogen-bond acceptors (Lipinski definition) is 3. The number of hydrogen-bond donors (Lipinski definition) is 0. The van der Waals surface area contributed by atoms with Crippen LogP contribution in [0.1, 0.15) is 5.89 Å². The van der Waals surface area contributed by atoms with Gasteiger partial charge < -0.3 is 4.52 Å². The van der Waals surface area contributed by atoms with Crippen molar-refractivity contribution < 1.29 is 9.63 Å². The maximum atomic E-state index is 9.80. The Labute approximate surface area is 39.8 Å². The largest absolute Gasteiger partial charge is 0.337 e. The second kappa shape index (κ2) is 1.70. The highest BCUT2D eigenvalue weighted by atomic mass is 16.5. The van der Waals surface area contributed by atoms with Crippen LogP contribution in [0.4, 0.5) is 0 Å². The molecule has 0 saturated carbocycles. The van der Waals surface area contributed by atoms with E-state index in [0.717, 1.165) is 0 Å². The SMILES string of the molecule is [O]Cc1ncno1. The molecule has 1 aromatic rings. The van der Waals surface area contributed by atoms with Crippen molar-refractivity contribution in [3.8, 4) is 0 Å². The Morgan fingerprint density at radius 1 is 1.86 bits per heavy atom. The van der Waals surface area contributed by atoms with Crippen LogP contribution < -0.4 is 0 Å². The number of rotatable bonds is 1. The first kappa shape index (κ1) is 4.26. The molecule has 1 radical (unpaired) electrons. The Morgan fingerprint density at radius 2 is 2.71 bits per heavy atom. The third-order valence-electron chi connectivity index (χ3n) is 0.530. The fraction of sp³-hybridized carbons (Fsp3) is 0.333. The summed E-state index contributed by atoms with van der Waals surface area (Å²) in [6.45, 7) is -0.431. The first-order valence-electron chi connectivity index (χ1n) is 1.77. The van der Waals surface area contributed by atoms with Crippen LogP contribution in [-0.2, 0) is 11.7 Å². The molecule has 1 aromatic heterocycles. The minimum absolute atomic E-state index is 0.139. The van der Waals surface area contributed by atoms with Gasteiger partial charge in [-0.2, -0.15) is 4.98 Å². The first-order chi connectivity index (χ1) is 3.43. The van der Waals surface area contributed by atoms with Crippen LogP contribution in [0.25, 0.3) is 0 Å². The summed E-state index contributed by atoms with van der Waals surface area (Å²) in [5, 5.41) is 13.0.